The van der Waals surface area contributed by atoms with Gasteiger partial charge in [-0.2, -0.15) is 0 Å². The van der Waals surface area contributed by atoms with Crippen molar-refractivity contribution in [3.8, 4) is 0 Å². The molecule has 0 rings (SSSR count). The maximum absolute atomic E-state index is 5.03. The van der Waals surface area contributed by atoms with Crippen LogP contribution in [0.1, 0.15) is 6.92 Å². The maximum atomic E-state index is 5.03. The summed E-state index contributed by atoms with van der Waals surface area (Å²) in [7, 11) is 0. The van der Waals surface area contributed by atoms with E-state index in [0.717, 1.165) is 0 Å². The molecule has 0 fully saturated rings. The molecule has 0 saturated carbocycles. The fraction of sp³-hybridized carbons (Fsp3) is 0.500. The van der Waals surface area contributed by atoms with Gasteiger partial charge in [-0.1, -0.05) is 0 Å². The van der Waals surface area contributed by atoms with Crippen molar-refractivity contribution in [3.05, 3.63) is 12.3 Å². The number of aliphatic imine (C=N–C) groups is 1. The number of allylic oxidation sites excluding steroid dienone is 1. The molecular weight excluding hydrogens is 116 g/mol. The van der Waals surface area contributed by atoms with Gasteiger partial charge in [-0.25, -0.2) is 0 Å². The van der Waals surface area contributed by atoms with Crippen molar-refractivity contribution in [3.63, 3.8) is 0 Å². The largest absolute Gasteiger partial charge is 0.405 e. The van der Waals surface area contributed by atoms with E-state index in [2.05, 4.69) is 4.99 Å². The average Bonchev–Trinajstić information content (AvgIpc) is 1.89. The van der Waals surface area contributed by atoms with E-state index in [1.54, 1.807) is 12.3 Å². The Labute approximate surface area is 55.2 Å². The highest BCUT2D eigenvalue weighted by Crippen LogP contribution is 1.72. The Morgan fingerprint density at radius 3 is 3.00 bits per heavy atom. The van der Waals surface area contributed by atoms with E-state index in [1.165, 1.54) is 6.20 Å². The first-order valence-corrected chi connectivity index (χ1v) is 2.86. The summed E-state index contributed by atoms with van der Waals surface area (Å²) in [4.78, 5) is 3.84. The highest BCUT2D eigenvalue weighted by atomic mass is 16.5. The van der Waals surface area contributed by atoms with Crippen LogP contribution in [0.4, 0.5) is 0 Å². The normalized spacial score (nSPS) is 11.7. The minimum atomic E-state index is 0.418. The molecule has 0 aromatic heterocycles. The predicted octanol–water partition coefficient (Wildman–Crippen LogP) is 0.524. The molecule has 0 aliphatic heterocycles. The van der Waals surface area contributed by atoms with Gasteiger partial charge in [-0.3, -0.25) is 4.99 Å². The van der Waals surface area contributed by atoms with Crippen LogP contribution in [-0.4, -0.2) is 19.6 Å². The zero-order valence-corrected chi connectivity index (χ0v) is 5.58. The Balaban J connectivity index is 3.04. The highest BCUT2D eigenvalue weighted by molar-refractivity contribution is 5.70. The summed E-state index contributed by atoms with van der Waals surface area (Å²) < 4.78 is 4.91. The molecule has 0 radical (unpaired) electrons. The van der Waals surface area contributed by atoms with Gasteiger partial charge >= 0.3 is 0 Å². The Kier molecular flexibility index (Phi) is 6.51. The molecule has 0 amide bonds. The van der Waals surface area contributed by atoms with Crippen LogP contribution >= 0.6 is 0 Å². The molecule has 0 aliphatic carbocycles. The fourth-order valence-electron chi connectivity index (χ4n) is 0.298. The van der Waals surface area contributed by atoms with E-state index >= 15 is 0 Å². The van der Waals surface area contributed by atoms with Crippen molar-refractivity contribution >= 4 is 6.21 Å². The predicted molar refractivity (Wildman–Crippen MR) is 38.3 cm³/mol. The van der Waals surface area contributed by atoms with Crippen molar-refractivity contribution in [2.45, 2.75) is 6.92 Å². The van der Waals surface area contributed by atoms with E-state index in [9.17, 15) is 0 Å². The molecule has 0 unspecified atom stereocenters. The van der Waals surface area contributed by atoms with E-state index in [0.29, 0.717) is 13.3 Å². The van der Waals surface area contributed by atoms with Gasteiger partial charge in [0.1, 0.15) is 6.73 Å². The summed E-state index contributed by atoms with van der Waals surface area (Å²) in [5, 5.41) is 0. The number of ether oxygens (including phenoxy) is 1. The molecule has 0 aliphatic rings. The van der Waals surface area contributed by atoms with Gasteiger partial charge in [0, 0.05) is 12.8 Å². The van der Waals surface area contributed by atoms with Crippen LogP contribution in [-0.2, 0) is 4.74 Å². The molecule has 0 aromatic rings. The summed E-state index contributed by atoms with van der Waals surface area (Å²) in [6.45, 7) is 3.04. The Hall–Kier alpha value is -0.830. The van der Waals surface area contributed by atoms with Gasteiger partial charge in [0.25, 0.3) is 0 Å². The van der Waals surface area contributed by atoms with Crippen molar-refractivity contribution in [2.75, 3.05) is 13.3 Å². The first kappa shape index (κ1) is 8.17. The van der Waals surface area contributed by atoms with Crippen molar-refractivity contribution in [1.82, 2.24) is 0 Å². The summed E-state index contributed by atoms with van der Waals surface area (Å²) in [5.41, 5.74) is 5.03. The average molecular weight is 128 g/mol. The third kappa shape index (κ3) is 7.17. The van der Waals surface area contributed by atoms with E-state index < -0.39 is 0 Å². The smallest absolute Gasteiger partial charge is 0.137 e. The standard InChI is InChI=1S/C6H12N2O/c1-2-9-6-8-5-3-4-7/h3-5H,2,6-7H2,1H3/b4-3+,8-5-. The monoisotopic (exact) mass is 128 g/mol. The number of nitrogens with zero attached hydrogens (tertiary/aromatic N) is 1. The van der Waals surface area contributed by atoms with E-state index in [4.69, 9.17) is 10.5 Å². The third-order valence-electron chi connectivity index (χ3n) is 0.673. The van der Waals surface area contributed by atoms with Gasteiger partial charge < -0.3 is 10.5 Å². The lowest BCUT2D eigenvalue weighted by molar-refractivity contribution is 0.157. The van der Waals surface area contributed by atoms with Crippen molar-refractivity contribution in [2.24, 2.45) is 10.7 Å². The lowest BCUT2D eigenvalue weighted by atomic mass is 10.7. The molecule has 0 atom stereocenters. The first-order valence-electron chi connectivity index (χ1n) is 2.86. The van der Waals surface area contributed by atoms with Crippen LogP contribution < -0.4 is 5.73 Å². The maximum Gasteiger partial charge on any atom is 0.137 e. The molecule has 0 aromatic carbocycles. The number of hydrogen-bond donors (Lipinski definition) is 1. The summed E-state index contributed by atoms with van der Waals surface area (Å²) >= 11 is 0. The zero-order chi connectivity index (χ0) is 6.95. The number of nitrogens with two attached hydrogens (primary N) is 1. The lowest BCUT2D eigenvalue weighted by Crippen LogP contribution is -1.88. The van der Waals surface area contributed by atoms with Crippen LogP contribution in [0.5, 0.6) is 0 Å². The summed E-state index contributed by atoms with van der Waals surface area (Å²) in [6.07, 6.45) is 4.68. The second-order valence-corrected chi connectivity index (χ2v) is 1.34. The van der Waals surface area contributed by atoms with E-state index in [-0.39, 0.29) is 0 Å². The van der Waals surface area contributed by atoms with Gasteiger partial charge in [0.2, 0.25) is 0 Å². The van der Waals surface area contributed by atoms with Crippen LogP contribution in [0.15, 0.2) is 17.3 Å². The third-order valence-corrected chi connectivity index (χ3v) is 0.673. The van der Waals surface area contributed by atoms with Crippen LogP contribution in [0.2, 0.25) is 0 Å². The minimum absolute atomic E-state index is 0.418. The van der Waals surface area contributed by atoms with Gasteiger partial charge in [0.15, 0.2) is 0 Å². The SMILES string of the molecule is CCOC/N=C\C=C\N. The molecule has 0 spiro atoms. The molecule has 0 saturated heterocycles. The molecular formula is C6H12N2O. The van der Waals surface area contributed by atoms with Crippen molar-refractivity contribution < 1.29 is 4.74 Å². The zero-order valence-electron chi connectivity index (χ0n) is 5.58. The summed E-state index contributed by atoms with van der Waals surface area (Å²) in [6, 6.07) is 0. The number of rotatable bonds is 4. The summed E-state index contributed by atoms with van der Waals surface area (Å²) in [5.74, 6) is 0. The first-order chi connectivity index (χ1) is 4.41. The molecule has 3 nitrogen and oxygen atoms in total. The van der Waals surface area contributed by atoms with Crippen LogP contribution in [0, 0.1) is 0 Å². The molecule has 52 valence electrons. The van der Waals surface area contributed by atoms with Crippen molar-refractivity contribution in [1.29, 1.82) is 0 Å². The van der Waals surface area contributed by atoms with Crippen LogP contribution in [0.25, 0.3) is 0 Å². The Morgan fingerprint density at radius 1 is 1.67 bits per heavy atom. The fourth-order valence-corrected chi connectivity index (χ4v) is 0.298. The topological polar surface area (TPSA) is 47.6 Å². The number of hydrogen-bond acceptors (Lipinski definition) is 3. The second kappa shape index (κ2) is 7.17. The van der Waals surface area contributed by atoms with Gasteiger partial charge in [0.05, 0.1) is 0 Å². The quantitative estimate of drug-likeness (QED) is 0.443. The Morgan fingerprint density at radius 2 is 2.44 bits per heavy atom. The van der Waals surface area contributed by atoms with E-state index in [1.807, 2.05) is 6.92 Å². The lowest BCUT2D eigenvalue weighted by Gasteiger charge is -1.89. The Bertz CT molecular complexity index is 99.2. The van der Waals surface area contributed by atoms with Gasteiger partial charge in [-0.05, 0) is 19.2 Å². The molecule has 3 heteroatoms. The van der Waals surface area contributed by atoms with Gasteiger partial charge in [-0.15, -0.1) is 0 Å². The molecule has 0 heterocycles. The minimum Gasteiger partial charge on any atom is -0.405 e. The van der Waals surface area contributed by atoms with Crippen LogP contribution in [0.3, 0.4) is 0 Å². The molecule has 9 heavy (non-hydrogen) atoms. The second-order valence-electron chi connectivity index (χ2n) is 1.34. The highest BCUT2D eigenvalue weighted by Gasteiger charge is 1.71. The molecule has 2 N–H and O–H groups in total. The molecule has 0 bridgehead atoms.